The number of carbonyl (C=O) groups excluding carboxylic acids is 4. The summed E-state index contributed by atoms with van der Waals surface area (Å²) in [6.07, 6.45) is 0. The van der Waals surface area contributed by atoms with E-state index in [9.17, 15) is 19.2 Å². The van der Waals surface area contributed by atoms with Crippen LogP contribution in [0, 0.1) is 0 Å². The highest BCUT2D eigenvalue weighted by Gasteiger charge is 2.25. The number of carbonyl (C=O) groups is 4. The third-order valence-electron chi connectivity index (χ3n) is 3.29. The van der Waals surface area contributed by atoms with Gasteiger partial charge in [0, 0.05) is 0 Å². The van der Waals surface area contributed by atoms with Crippen LogP contribution in [0.15, 0.2) is 48.5 Å². The summed E-state index contributed by atoms with van der Waals surface area (Å²) in [6.45, 7) is 0. The summed E-state index contributed by atoms with van der Waals surface area (Å²) in [4.78, 5) is 43.8. The first-order chi connectivity index (χ1) is 10.6. The van der Waals surface area contributed by atoms with Crippen LogP contribution in [0.25, 0.3) is 0 Å². The molecule has 2 aromatic rings. The predicted molar refractivity (Wildman–Crippen MR) is 116 cm³/mol. The third-order valence-corrected chi connectivity index (χ3v) is 3.29. The fourth-order valence-corrected chi connectivity index (χ4v) is 2.23. The van der Waals surface area contributed by atoms with Crippen LogP contribution < -0.4 is 10.6 Å². The van der Waals surface area contributed by atoms with Crippen LogP contribution in [0.3, 0.4) is 0 Å². The molecule has 164 valence electrons. The Morgan fingerprint density at radius 3 is 0.759 bits per heavy atom. The smallest absolute Gasteiger partial charge is 0.258 e. The molecule has 4 rings (SSSR count). The Balaban J connectivity index is -0.000000107. The van der Waals surface area contributed by atoms with E-state index in [-0.39, 0.29) is 89.7 Å². The molecule has 4 amide bonds. The molecule has 0 aliphatic carbocycles. The summed E-state index contributed by atoms with van der Waals surface area (Å²) in [5, 5.41) is 4.41. The molecule has 2 aliphatic heterocycles. The number of fused-ring (bicyclic) bond motifs is 2. The molecular weight excluding hydrogens is 474 g/mol. The van der Waals surface area contributed by atoms with Gasteiger partial charge in [-0.05, 0) is 24.3 Å². The molecule has 0 saturated heterocycles. The largest absolute Gasteiger partial charge is 0.412 e. The Hall–Kier alpha value is -2.24. The molecule has 0 fully saturated rings. The van der Waals surface area contributed by atoms with Gasteiger partial charge in [0.2, 0.25) is 0 Å². The van der Waals surface area contributed by atoms with Crippen LogP contribution in [0.2, 0.25) is 0 Å². The van der Waals surface area contributed by atoms with E-state index in [1.807, 2.05) is 0 Å². The first-order valence-corrected chi connectivity index (χ1v) is 6.47. The summed E-state index contributed by atoms with van der Waals surface area (Å²) >= 11 is 0. The normalized spacial score (nSPS) is 11.0. The lowest BCUT2D eigenvalue weighted by Gasteiger charge is -1.88. The van der Waals surface area contributed by atoms with E-state index >= 15 is 0 Å². The average Bonchev–Trinajstić information content (AvgIpc) is 2.99. The minimum absolute atomic E-state index is 0. The van der Waals surface area contributed by atoms with Crippen molar-refractivity contribution in [2.75, 3.05) is 0 Å². The van der Waals surface area contributed by atoms with Gasteiger partial charge in [0.25, 0.3) is 23.6 Å². The van der Waals surface area contributed by atoms with Crippen molar-refractivity contribution in [2.45, 2.75) is 0 Å². The molecule has 0 atom stereocenters. The number of imide groups is 2. The van der Waals surface area contributed by atoms with Crippen molar-refractivity contribution in [3.63, 3.8) is 0 Å². The monoisotopic (exact) mass is 492 g/mol. The number of hydrogen-bond donors (Lipinski definition) is 2. The number of benzene rings is 2. The lowest BCUT2D eigenvalue weighted by atomic mass is 10.1. The maximum atomic E-state index is 10.9. The summed E-state index contributed by atoms with van der Waals surface area (Å²) in [5.41, 5.74) is 1.88. The zero-order chi connectivity index (χ0) is 15.7. The minimum Gasteiger partial charge on any atom is -0.412 e. The van der Waals surface area contributed by atoms with Gasteiger partial charge in [0.15, 0.2) is 0 Å². The van der Waals surface area contributed by atoms with Crippen LogP contribution in [-0.4, -0.2) is 40.1 Å². The Morgan fingerprint density at radius 1 is 0.414 bits per heavy atom. The van der Waals surface area contributed by atoms with E-state index in [1.54, 1.807) is 48.5 Å². The van der Waals surface area contributed by atoms with Gasteiger partial charge in [0.1, 0.15) is 0 Å². The van der Waals surface area contributed by atoms with Crippen molar-refractivity contribution >= 4 is 73.3 Å². The molecule has 0 bridgehead atoms. The zero-order valence-corrected chi connectivity index (χ0v) is 17.7. The highest BCUT2D eigenvalue weighted by atomic mass is 35.5. The quantitative estimate of drug-likeness (QED) is 0.501. The minimum atomic E-state index is -0.300. The molecule has 0 spiro atoms. The molecule has 2 aromatic carbocycles. The van der Waals surface area contributed by atoms with Crippen LogP contribution in [0.5, 0.6) is 0 Å². The molecule has 0 saturated carbocycles. The molecule has 2 heterocycles. The highest BCUT2D eigenvalue weighted by Crippen LogP contribution is 2.14. The predicted octanol–water partition coefficient (Wildman–Crippen LogP) is 0.353. The summed E-state index contributed by atoms with van der Waals surface area (Å²) in [5.74, 6) is -1.20. The third kappa shape index (κ3) is 7.59. The van der Waals surface area contributed by atoms with E-state index in [1.165, 1.54) is 0 Å². The number of halogens is 4. The Labute approximate surface area is 190 Å². The van der Waals surface area contributed by atoms with Gasteiger partial charge in [0.05, 0.1) is 22.3 Å². The summed E-state index contributed by atoms with van der Waals surface area (Å²) in [6, 6.07) is 13.5. The molecule has 8 N–H and O–H groups in total. The van der Waals surface area contributed by atoms with E-state index < -0.39 is 0 Å². The van der Waals surface area contributed by atoms with Gasteiger partial charge < -0.3 is 16.4 Å². The number of hydrogen-bond acceptors (Lipinski definition) is 4. The topological polar surface area (TPSA) is 187 Å². The standard InChI is InChI=1S/2C8H5NO2.4ClH.3H2O/c2*10-7-5-3-1-2-4-6(5)8(11)9-7;;;;;;;/h2*1-4H,(H,9,10,11);4*1H;3*1H2. The van der Waals surface area contributed by atoms with Gasteiger partial charge in [-0.1, -0.05) is 24.3 Å². The Kier molecular flexibility index (Phi) is 20.2. The average molecular weight is 494 g/mol. The highest BCUT2D eigenvalue weighted by molar-refractivity contribution is 6.22. The van der Waals surface area contributed by atoms with Crippen molar-refractivity contribution in [3.8, 4) is 0 Å². The second-order valence-electron chi connectivity index (χ2n) is 4.66. The van der Waals surface area contributed by atoms with Crippen LogP contribution in [0.1, 0.15) is 41.4 Å². The van der Waals surface area contributed by atoms with Gasteiger partial charge >= 0.3 is 0 Å². The first-order valence-electron chi connectivity index (χ1n) is 6.47. The van der Waals surface area contributed by atoms with Crippen molar-refractivity contribution in [1.82, 2.24) is 10.6 Å². The molecule has 0 unspecified atom stereocenters. The van der Waals surface area contributed by atoms with E-state index in [0.717, 1.165) is 0 Å². The molecule has 2 aliphatic rings. The molecular formula is C16H20Cl4N2O7. The second kappa shape index (κ2) is 15.7. The number of nitrogens with one attached hydrogen (secondary N) is 2. The molecule has 9 nitrogen and oxygen atoms in total. The van der Waals surface area contributed by atoms with E-state index in [4.69, 9.17) is 0 Å². The van der Waals surface area contributed by atoms with Gasteiger partial charge in [-0.15, -0.1) is 49.6 Å². The molecule has 0 aromatic heterocycles. The van der Waals surface area contributed by atoms with E-state index in [2.05, 4.69) is 10.6 Å². The fourth-order valence-electron chi connectivity index (χ4n) is 2.23. The first kappa shape index (κ1) is 37.5. The maximum absolute atomic E-state index is 10.9. The molecule has 0 radical (unpaired) electrons. The lowest BCUT2D eigenvalue weighted by Crippen LogP contribution is -2.19. The van der Waals surface area contributed by atoms with E-state index in [0.29, 0.717) is 22.3 Å². The number of amides is 4. The van der Waals surface area contributed by atoms with Crippen LogP contribution in [0.4, 0.5) is 0 Å². The zero-order valence-electron chi connectivity index (χ0n) is 14.4. The summed E-state index contributed by atoms with van der Waals surface area (Å²) in [7, 11) is 0. The van der Waals surface area contributed by atoms with Gasteiger partial charge in [-0.25, -0.2) is 0 Å². The van der Waals surface area contributed by atoms with Crippen molar-refractivity contribution in [3.05, 3.63) is 70.8 Å². The maximum Gasteiger partial charge on any atom is 0.258 e. The van der Waals surface area contributed by atoms with Crippen molar-refractivity contribution in [1.29, 1.82) is 0 Å². The second-order valence-corrected chi connectivity index (χ2v) is 4.66. The SMILES string of the molecule is Cl.Cl.Cl.Cl.O.O.O.O=C1NC(=O)c2ccccc21.O=C1NC(=O)c2ccccc21. The molecule has 13 heteroatoms. The number of rotatable bonds is 0. The van der Waals surface area contributed by atoms with Gasteiger partial charge in [-0.2, -0.15) is 0 Å². The summed E-state index contributed by atoms with van der Waals surface area (Å²) < 4.78 is 0. The Morgan fingerprint density at radius 2 is 0.586 bits per heavy atom. The Bertz CT molecular complexity index is 714. The van der Waals surface area contributed by atoms with Gasteiger partial charge in [-0.3, -0.25) is 29.8 Å². The van der Waals surface area contributed by atoms with Crippen molar-refractivity contribution < 1.29 is 35.6 Å². The van der Waals surface area contributed by atoms with Crippen LogP contribution in [-0.2, 0) is 0 Å². The molecule has 29 heavy (non-hydrogen) atoms. The lowest BCUT2D eigenvalue weighted by molar-refractivity contribution is 0.0863. The fraction of sp³-hybridized carbons (Fsp3) is 0. The van der Waals surface area contributed by atoms with Crippen molar-refractivity contribution in [2.24, 2.45) is 0 Å². The van der Waals surface area contributed by atoms with Crippen LogP contribution >= 0.6 is 49.6 Å².